The molecule has 2 atom stereocenters. The Hall–Kier alpha value is -3.16. The number of nitrogens with zero attached hydrogens (tertiary/aromatic N) is 2. The molecule has 2 N–H and O–H groups in total. The number of carboxylic acid groups (broad SMARTS) is 1. The predicted molar refractivity (Wildman–Crippen MR) is 84.4 cm³/mol. The van der Waals surface area contributed by atoms with Gasteiger partial charge in [-0.15, -0.1) is 0 Å². The minimum absolute atomic E-state index is 0.0276. The molecule has 1 aromatic heterocycles. The summed E-state index contributed by atoms with van der Waals surface area (Å²) < 4.78 is 5.15. The van der Waals surface area contributed by atoms with E-state index < -0.39 is 23.2 Å². The maximum Gasteiger partial charge on any atom is 0.314 e. The summed E-state index contributed by atoms with van der Waals surface area (Å²) >= 11 is 0. The van der Waals surface area contributed by atoms with E-state index in [0.717, 1.165) is 5.56 Å². The van der Waals surface area contributed by atoms with Crippen LogP contribution in [0.1, 0.15) is 10.6 Å². The quantitative estimate of drug-likeness (QED) is 0.846. The molecule has 0 bridgehead atoms. The lowest BCUT2D eigenvalue weighted by atomic mass is 9.81. The maximum atomic E-state index is 12.7. The van der Waals surface area contributed by atoms with Gasteiger partial charge in [-0.2, -0.15) is 0 Å². The largest absolute Gasteiger partial charge is 0.481 e. The lowest BCUT2D eigenvalue weighted by Crippen LogP contribution is -2.41. The molecule has 2 saturated heterocycles. The van der Waals surface area contributed by atoms with Crippen LogP contribution in [0.15, 0.2) is 40.9 Å². The van der Waals surface area contributed by atoms with Crippen molar-refractivity contribution in [2.75, 3.05) is 19.6 Å². The number of benzene rings is 1. The molecule has 0 saturated carbocycles. The van der Waals surface area contributed by atoms with Crippen molar-refractivity contribution < 1.29 is 24.0 Å². The molecule has 1 aromatic carbocycles. The zero-order chi connectivity index (χ0) is 17.6. The van der Waals surface area contributed by atoms with Crippen molar-refractivity contribution in [2.24, 2.45) is 11.3 Å². The summed E-state index contributed by atoms with van der Waals surface area (Å²) in [6, 6.07) is 10.8. The van der Waals surface area contributed by atoms with Crippen LogP contribution >= 0.6 is 0 Å². The third-order valence-corrected chi connectivity index (χ3v) is 4.94. The van der Waals surface area contributed by atoms with Crippen molar-refractivity contribution in [3.8, 4) is 11.3 Å². The molecule has 0 radical (unpaired) electrons. The van der Waals surface area contributed by atoms with Gasteiger partial charge in [0.05, 0.1) is 5.92 Å². The highest BCUT2D eigenvalue weighted by Crippen LogP contribution is 2.40. The van der Waals surface area contributed by atoms with Crippen molar-refractivity contribution in [3.05, 3.63) is 42.2 Å². The molecular weight excluding hydrogens is 326 g/mol. The lowest BCUT2D eigenvalue weighted by molar-refractivity contribution is -0.149. The summed E-state index contributed by atoms with van der Waals surface area (Å²) in [6.07, 6.45) is 0. The van der Waals surface area contributed by atoms with Gasteiger partial charge >= 0.3 is 5.97 Å². The van der Waals surface area contributed by atoms with E-state index >= 15 is 0 Å². The first-order chi connectivity index (χ1) is 12.0. The molecule has 4 rings (SSSR count). The van der Waals surface area contributed by atoms with E-state index in [-0.39, 0.29) is 31.3 Å². The van der Waals surface area contributed by atoms with E-state index in [0.29, 0.717) is 5.69 Å². The number of nitrogens with one attached hydrogen (secondary N) is 1. The molecule has 0 aliphatic carbocycles. The van der Waals surface area contributed by atoms with Crippen molar-refractivity contribution in [1.82, 2.24) is 15.4 Å². The lowest BCUT2D eigenvalue weighted by Gasteiger charge is -2.21. The molecule has 2 aliphatic heterocycles. The Balaban J connectivity index is 1.58. The van der Waals surface area contributed by atoms with Gasteiger partial charge in [0.25, 0.3) is 5.91 Å². The molecule has 2 aliphatic rings. The number of carbonyl (C=O) groups excluding carboxylic acids is 2. The van der Waals surface area contributed by atoms with Crippen LogP contribution in [-0.4, -0.2) is 52.6 Å². The third kappa shape index (κ3) is 2.29. The summed E-state index contributed by atoms with van der Waals surface area (Å²) in [5.41, 5.74) is 0.0636. The SMILES string of the molecule is O=C1NC[C@@]2(C(=O)O)CN(C(=O)c3cc(-c4ccccc4)no3)C[C@@H]12. The van der Waals surface area contributed by atoms with Crippen LogP contribution in [0.3, 0.4) is 0 Å². The van der Waals surface area contributed by atoms with Gasteiger partial charge in [0, 0.05) is 31.3 Å². The molecule has 128 valence electrons. The highest BCUT2D eigenvalue weighted by Gasteiger charge is 2.60. The van der Waals surface area contributed by atoms with Crippen molar-refractivity contribution in [2.45, 2.75) is 0 Å². The summed E-state index contributed by atoms with van der Waals surface area (Å²) in [5, 5.41) is 16.0. The molecule has 2 amide bonds. The Kier molecular flexibility index (Phi) is 3.34. The summed E-state index contributed by atoms with van der Waals surface area (Å²) in [4.78, 5) is 37.6. The fourth-order valence-electron chi connectivity index (χ4n) is 3.52. The first kappa shape index (κ1) is 15.4. The van der Waals surface area contributed by atoms with E-state index in [9.17, 15) is 19.5 Å². The minimum atomic E-state index is -1.27. The average molecular weight is 341 g/mol. The molecule has 2 aromatic rings. The highest BCUT2D eigenvalue weighted by molar-refractivity contribution is 5.97. The van der Waals surface area contributed by atoms with Crippen LogP contribution in [0.5, 0.6) is 0 Å². The second kappa shape index (κ2) is 5.44. The summed E-state index contributed by atoms with van der Waals surface area (Å²) in [7, 11) is 0. The molecule has 2 fully saturated rings. The number of carboxylic acids is 1. The van der Waals surface area contributed by atoms with E-state index in [1.54, 1.807) is 0 Å². The Morgan fingerprint density at radius 2 is 2.08 bits per heavy atom. The number of aliphatic carboxylic acids is 1. The van der Waals surface area contributed by atoms with Gasteiger partial charge in [-0.3, -0.25) is 14.4 Å². The number of fused-ring (bicyclic) bond motifs is 1. The molecule has 8 heteroatoms. The number of hydrogen-bond donors (Lipinski definition) is 2. The van der Waals surface area contributed by atoms with Gasteiger partial charge in [0.1, 0.15) is 11.1 Å². The van der Waals surface area contributed by atoms with Crippen molar-refractivity contribution >= 4 is 17.8 Å². The Morgan fingerprint density at radius 1 is 1.32 bits per heavy atom. The summed E-state index contributed by atoms with van der Waals surface area (Å²) in [6.45, 7) is 0.0472. The van der Waals surface area contributed by atoms with Crippen LogP contribution in [0.2, 0.25) is 0 Å². The third-order valence-electron chi connectivity index (χ3n) is 4.94. The fourth-order valence-corrected chi connectivity index (χ4v) is 3.52. The van der Waals surface area contributed by atoms with Crippen LogP contribution in [-0.2, 0) is 9.59 Å². The van der Waals surface area contributed by atoms with E-state index in [1.165, 1.54) is 11.0 Å². The van der Waals surface area contributed by atoms with Gasteiger partial charge in [-0.25, -0.2) is 0 Å². The van der Waals surface area contributed by atoms with E-state index in [4.69, 9.17) is 4.52 Å². The zero-order valence-corrected chi connectivity index (χ0v) is 13.1. The second-order valence-corrected chi connectivity index (χ2v) is 6.36. The molecule has 25 heavy (non-hydrogen) atoms. The number of rotatable bonds is 3. The van der Waals surface area contributed by atoms with E-state index in [2.05, 4.69) is 10.5 Å². The van der Waals surface area contributed by atoms with Gasteiger partial charge in [0.2, 0.25) is 11.7 Å². The Bertz CT molecular complexity index is 862. The molecular formula is C17H15N3O5. The number of aromatic nitrogens is 1. The number of amides is 2. The molecule has 0 spiro atoms. The van der Waals surface area contributed by atoms with Crippen LogP contribution in [0.4, 0.5) is 0 Å². The molecule has 8 nitrogen and oxygen atoms in total. The van der Waals surface area contributed by atoms with Crippen molar-refractivity contribution in [3.63, 3.8) is 0 Å². The normalized spacial score (nSPS) is 24.9. The number of carbonyl (C=O) groups is 3. The monoisotopic (exact) mass is 341 g/mol. The minimum Gasteiger partial charge on any atom is -0.481 e. The van der Waals surface area contributed by atoms with Gasteiger partial charge in [-0.1, -0.05) is 35.5 Å². The zero-order valence-electron chi connectivity index (χ0n) is 13.1. The van der Waals surface area contributed by atoms with Crippen LogP contribution < -0.4 is 5.32 Å². The first-order valence-electron chi connectivity index (χ1n) is 7.84. The van der Waals surface area contributed by atoms with Crippen molar-refractivity contribution in [1.29, 1.82) is 0 Å². The summed E-state index contributed by atoms with van der Waals surface area (Å²) in [5.74, 6) is -2.59. The first-order valence-corrected chi connectivity index (χ1v) is 7.84. The fraction of sp³-hybridized carbons (Fsp3) is 0.294. The maximum absolute atomic E-state index is 12.7. The van der Waals surface area contributed by atoms with Gasteiger partial charge in [-0.05, 0) is 0 Å². The molecule has 3 heterocycles. The number of hydrogen-bond acceptors (Lipinski definition) is 5. The molecule has 0 unspecified atom stereocenters. The number of likely N-dealkylation sites (tertiary alicyclic amines) is 1. The topological polar surface area (TPSA) is 113 Å². The highest BCUT2D eigenvalue weighted by atomic mass is 16.5. The van der Waals surface area contributed by atoms with E-state index in [1.807, 2.05) is 30.3 Å². The Labute approximate surface area is 142 Å². The predicted octanol–water partition coefficient (Wildman–Crippen LogP) is 0.614. The van der Waals surface area contributed by atoms with Gasteiger partial charge < -0.3 is 19.8 Å². The standard InChI is InChI=1S/C17H15N3O5/c21-14-11-7-20(9-17(11,8-18-14)16(23)24)15(22)13-6-12(19-25-13)10-4-2-1-3-5-10/h1-6,11H,7-9H2,(H,18,21)(H,23,24)/t11-,17+/m0/s1. The van der Waals surface area contributed by atoms with Gasteiger partial charge in [0.15, 0.2) is 0 Å². The second-order valence-electron chi connectivity index (χ2n) is 6.36. The van der Waals surface area contributed by atoms with Crippen LogP contribution in [0, 0.1) is 11.3 Å². The Morgan fingerprint density at radius 3 is 2.76 bits per heavy atom. The average Bonchev–Trinajstić information content (AvgIpc) is 3.31. The smallest absolute Gasteiger partial charge is 0.314 e. The van der Waals surface area contributed by atoms with Crippen LogP contribution in [0.25, 0.3) is 11.3 Å².